The molecule has 1 unspecified atom stereocenters. The molecule has 98 valence electrons. The van der Waals surface area contributed by atoms with E-state index in [1.807, 2.05) is 49.4 Å². The summed E-state index contributed by atoms with van der Waals surface area (Å²) in [6, 6.07) is 17.7. The van der Waals surface area contributed by atoms with Crippen LogP contribution in [0.1, 0.15) is 24.1 Å². The van der Waals surface area contributed by atoms with Crippen molar-refractivity contribution in [3.8, 4) is 6.07 Å². The average Bonchev–Trinajstić information content (AvgIpc) is 2.89. The molecule has 1 heterocycles. The molecule has 1 atom stereocenters. The second-order valence-corrected chi connectivity index (χ2v) is 4.71. The second kappa shape index (κ2) is 5.06. The van der Waals surface area contributed by atoms with E-state index >= 15 is 0 Å². The molecule has 20 heavy (non-hydrogen) atoms. The second-order valence-electron chi connectivity index (χ2n) is 4.71. The summed E-state index contributed by atoms with van der Waals surface area (Å²) in [4.78, 5) is 7.73. The lowest BCUT2D eigenvalue weighted by Crippen LogP contribution is -2.07. The first-order valence-electron chi connectivity index (χ1n) is 6.47. The Kier molecular flexibility index (Phi) is 3.10. The van der Waals surface area contributed by atoms with E-state index in [2.05, 4.69) is 21.4 Å². The van der Waals surface area contributed by atoms with Crippen LogP contribution in [-0.4, -0.2) is 9.97 Å². The maximum absolute atomic E-state index is 8.94. The fraction of sp³-hybridized carbons (Fsp3) is 0.125. The predicted octanol–water partition coefficient (Wildman–Crippen LogP) is 3.61. The molecular weight excluding hydrogens is 248 g/mol. The Labute approximate surface area is 117 Å². The largest absolute Gasteiger partial charge is 0.349 e. The average molecular weight is 262 g/mol. The minimum absolute atomic E-state index is 0.0730. The van der Waals surface area contributed by atoms with Crippen molar-refractivity contribution in [3.05, 3.63) is 59.7 Å². The van der Waals surface area contributed by atoms with Crippen molar-refractivity contribution in [2.75, 3.05) is 5.32 Å². The van der Waals surface area contributed by atoms with Crippen molar-refractivity contribution >= 4 is 17.0 Å². The zero-order valence-corrected chi connectivity index (χ0v) is 11.1. The van der Waals surface area contributed by atoms with Crippen molar-refractivity contribution in [2.45, 2.75) is 13.0 Å². The Morgan fingerprint density at radius 2 is 2.05 bits per heavy atom. The van der Waals surface area contributed by atoms with Gasteiger partial charge in [-0.2, -0.15) is 5.26 Å². The first kappa shape index (κ1) is 12.2. The Morgan fingerprint density at radius 1 is 1.20 bits per heavy atom. The molecular formula is C16H14N4. The van der Waals surface area contributed by atoms with Gasteiger partial charge in [0.2, 0.25) is 5.95 Å². The molecule has 4 heteroatoms. The fourth-order valence-electron chi connectivity index (χ4n) is 2.19. The molecule has 2 aromatic carbocycles. The van der Waals surface area contributed by atoms with Gasteiger partial charge in [-0.1, -0.05) is 24.3 Å². The summed E-state index contributed by atoms with van der Waals surface area (Å²) in [5, 5.41) is 12.3. The van der Waals surface area contributed by atoms with Gasteiger partial charge in [-0.3, -0.25) is 0 Å². The van der Waals surface area contributed by atoms with E-state index < -0.39 is 0 Å². The number of H-pyrrole nitrogens is 1. The van der Waals surface area contributed by atoms with E-state index in [9.17, 15) is 0 Å². The van der Waals surface area contributed by atoms with Crippen molar-refractivity contribution in [2.24, 2.45) is 0 Å². The highest BCUT2D eigenvalue weighted by Crippen LogP contribution is 2.20. The van der Waals surface area contributed by atoms with Gasteiger partial charge < -0.3 is 10.3 Å². The molecule has 0 radical (unpaired) electrons. The van der Waals surface area contributed by atoms with E-state index in [0.29, 0.717) is 5.56 Å². The summed E-state index contributed by atoms with van der Waals surface area (Å²) < 4.78 is 0. The third-order valence-electron chi connectivity index (χ3n) is 3.26. The summed E-state index contributed by atoms with van der Waals surface area (Å²) >= 11 is 0. The first-order valence-corrected chi connectivity index (χ1v) is 6.47. The van der Waals surface area contributed by atoms with Gasteiger partial charge >= 0.3 is 0 Å². The molecule has 2 N–H and O–H groups in total. The molecule has 0 amide bonds. The van der Waals surface area contributed by atoms with Crippen LogP contribution in [0.5, 0.6) is 0 Å². The number of aromatic amines is 1. The molecule has 3 aromatic rings. The maximum atomic E-state index is 8.94. The van der Waals surface area contributed by atoms with E-state index in [1.54, 1.807) is 6.07 Å². The molecule has 0 bridgehead atoms. The van der Waals surface area contributed by atoms with E-state index in [4.69, 9.17) is 5.26 Å². The van der Waals surface area contributed by atoms with Crippen molar-refractivity contribution < 1.29 is 0 Å². The van der Waals surface area contributed by atoms with Gasteiger partial charge in [-0.15, -0.1) is 0 Å². The summed E-state index contributed by atoms with van der Waals surface area (Å²) in [6.45, 7) is 2.05. The molecule has 0 saturated heterocycles. The third kappa shape index (κ3) is 2.34. The smallest absolute Gasteiger partial charge is 0.201 e. The van der Waals surface area contributed by atoms with Crippen LogP contribution in [-0.2, 0) is 0 Å². The molecule has 0 aliphatic carbocycles. The van der Waals surface area contributed by atoms with Crippen LogP contribution < -0.4 is 5.32 Å². The number of aromatic nitrogens is 2. The maximum Gasteiger partial charge on any atom is 0.201 e. The van der Waals surface area contributed by atoms with Crippen LogP contribution in [0, 0.1) is 11.3 Å². The van der Waals surface area contributed by atoms with Gasteiger partial charge in [-0.25, -0.2) is 4.98 Å². The van der Waals surface area contributed by atoms with Gasteiger partial charge in [-0.05, 0) is 36.8 Å². The zero-order valence-electron chi connectivity index (χ0n) is 11.1. The molecule has 4 nitrogen and oxygen atoms in total. The minimum Gasteiger partial charge on any atom is -0.349 e. The Morgan fingerprint density at radius 3 is 2.85 bits per heavy atom. The Hall–Kier alpha value is -2.80. The van der Waals surface area contributed by atoms with Crippen LogP contribution >= 0.6 is 0 Å². The zero-order chi connectivity index (χ0) is 13.9. The van der Waals surface area contributed by atoms with E-state index in [1.165, 1.54) is 0 Å². The van der Waals surface area contributed by atoms with E-state index in [-0.39, 0.29) is 6.04 Å². The molecule has 1 aromatic heterocycles. The van der Waals surface area contributed by atoms with Crippen LogP contribution in [0.15, 0.2) is 48.5 Å². The van der Waals surface area contributed by atoms with Crippen molar-refractivity contribution in [1.82, 2.24) is 9.97 Å². The number of hydrogen-bond donors (Lipinski definition) is 2. The number of benzene rings is 2. The molecule has 0 aliphatic rings. The lowest BCUT2D eigenvalue weighted by molar-refractivity contribution is 0.868. The van der Waals surface area contributed by atoms with Gasteiger partial charge in [0.15, 0.2) is 0 Å². The van der Waals surface area contributed by atoms with Gasteiger partial charge in [0.05, 0.1) is 28.7 Å². The van der Waals surface area contributed by atoms with Gasteiger partial charge in [0, 0.05) is 0 Å². The lowest BCUT2D eigenvalue weighted by atomic mass is 10.1. The SMILES string of the molecule is CC(Nc1nc2ccccc2[nH]1)c1cccc(C#N)c1. The molecule has 0 fully saturated rings. The number of nitriles is 1. The normalized spacial score (nSPS) is 12.0. The molecule has 0 aliphatic heterocycles. The number of hydrogen-bond acceptors (Lipinski definition) is 3. The summed E-state index contributed by atoms with van der Waals surface area (Å²) in [5.74, 6) is 0.737. The van der Waals surface area contributed by atoms with Crippen molar-refractivity contribution in [1.29, 1.82) is 5.26 Å². The number of fused-ring (bicyclic) bond motifs is 1. The van der Waals surface area contributed by atoms with E-state index in [0.717, 1.165) is 22.5 Å². The summed E-state index contributed by atoms with van der Waals surface area (Å²) in [7, 11) is 0. The summed E-state index contributed by atoms with van der Waals surface area (Å²) in [5.41, 5.74) is 3.67. The Bertz CT molecular complexity index is 749. The lowest BCUT2D eigenvalue weighted by Gasteiger charge is -2.13. The highest BCUT2D eigenvalue weighted by molar-refractivity contribution is 5.77. The highest BCUT2D eigenvalue weighted by Gasteiger charge is 2.08. The van der Waals surface area contributed by atoms with Gasteiger partial charge in [0.25, 0.3) is 0 Å². The standard InChI is InChI=1S/C16H14N4/c1-11(13-6-4-5-12(9-13)10-17)18-16-19-14-7-2-3-8-15(14)20-16/h2-9,11H,1H3,(H2,18,19,20). The van der Waals surface area contributed by atoms with Crippen molar-refractivity contribution in [3.63, 3.8) is 0 Å². The highest BCUT2D eigenvalue weighted by atomic mass is 15.1. The van der Waals surface area contributed by atoms with Crippen LogP contribution in [0.25, 0.3) is 11.0 Å². The monoisotopic (exact) mass is 262 g/mol. The number of nitrogens with one attached hydrogen (secondary N) is 2. The van der Waals surface area contributed by atoms with Crippen LogP contribution in [0.3, 0.4) is 0 Å². The number of imidazole rings is 1. The Balaban J connectivity index is 1.84. The van der Waals surface area contributed by atoms with Gasteiger partial charge in [0.1, 0.15) is 0 Å². The topological polar surface area (TPSA) is 64.5 Å². The first-order chi connectivity index (χ1) is 9.76. The van der Waals surface area contributed by atoms with Crippen LogP contribution in [0.2, 0.25) is 0 Å². The molecule has 0 saturated carbocycles. The summed E-state index contributed by atoms with van der Waals surface area (Å²) in [6.07, 6.45) is 0. The minimum atomic E-state index is 0.0730. The van der Waals surface area contributed by atoms with Crippen LogP contribution in [0.4, 0.5) is 5.95 Å². The fourth-order valence-corrected chi connectivity index (χ4v) is 2.19. The number of para-hydroxylation sites is 2. The number of nitrogens with zero attached hydrogens (tertiary/aromatic N) is 2. The number of rotatable bonds is 3. The quantitative estimate of drug-likeness (QED) is 0.757. The third-order valence-corrected chi connectivity index (χ3v) is 3.26. The predicted molar refractivity (Wildman–Crippen MR) is 79.3 cm³/mol. The molecule has 3 rings (SSSR count). The number of anilines is 1. The molecule has 0 spiro atoms.